The Balaban J connectivity index is 1.73. The van der Waals surface area contributed by atoms with Crippen LogP contribution in [0.1, 0.15) is 27.3 Å². The highest BCUT2D eigenvalue weighted by molar-refractivity contribution is 5.95. The zero-order chi connectivity index (χ0) is 17.8. The highest BCUT2D eigenvalue weighted by atomic mass is 19.1. The molecule has 1 N–H and O–H groups in total. The van der Waals surface area contributed by atoms with E-state index in [4.69, 9.17) is 4.84 Å². The van der Waals surface area contributed by atoms with Crippen molar-refractivity contribution in [1.29, 1.82) is 0 Å². The monoisotopic (exact) mass is 339 g/mol. The summed E-state index contributed by atoms with van der Waals surface area (Å²) in [6, 6.07) is 15.5. The summed E-state index contributed by atoms with van der Waals surface area (Å²) in [6.45, 7) is 3.81. The van der Waals surface area contributed by atoms with Crippen molar-refractivity contribution in [3.8, 4) is 5.69 Å². The number of carbonyl (C=O) groups excluding carboxylic acids is 1. The van der Waals surface area contributed by atoms with E-state index in [-0.39, 0.29) is 18.3 Å². The van der Waals surface area contributed by atoms with Gasteiger partial charge in [-0.15, -0.1) is 0 Å². The third-order valence-electron chi connectivity index (χ3n) is 3.84. The van der Waals surface area contributed by atoms with Gasteiger partial charge in [0.05, 0.1) is 29.2 Å². The van der Waals surface area contributed by atoms with Gasteiger partial charge in [0.15, 0.2) is 0 Å². The predicted molar refractivity (Wildman–Crippen MR) is 91.7 cm³/mol. The summed E-state index contributed by atoms with van der Waals surface area (Å²) >= 11 is 0. The maximum absolute atomic E-state index is 13.1. The van der Waals surface area contributed by atoms with Crippen LogP contribution in [0.2, 0.25) is 0 Å². The van der Waals surface area contributed by atoms with E-state index in [0.717, 1.165) is 5.56 Å². The number of aryl methyl sites for hydroxylation is 1. The normalized spacial score (nSPS) is 10.7. The molecule has 3 aromatic rings. The average Bonchev–Trinajstić information content (AvgIpc) is 2.91. The molecule has 5 nitrogen and oxygen atoms in total. The molecule has 0 unspecified atom stereocenters. The van der Waals surface area contributed by atoms with Crippen molar-refractivity contribution >= 4 is 5.91 Å². The lowest BCUT2D eigenvalue weighted by Crippen LogP contribution is -2.24. The first-order chi connectivity index (χ1) is 12.1. The molecule has 2 aromatic carbocycles. The minimum atomic E-state index is -0.362. The lowest BCUT2D eigenvalue weighted by molar-refractivity contribution is 0.0232. The predicted octanol–water partition coefficient (Wildman–Crippen LogP) is 3.49. The molecule has 1 amide bonds. The SMILES string of the molecule is Cc1nn(-c2ccc(F)cc2)c(C)c1C(=O)NOCc1ccccc1. The molecule has 25 heavy (non-hydrogen) atoms. The van der Waals surface area contributed by atoms with Crippen LogP contribution in [0.4, 0.5) is 4.39 Å². The second-order valence-corrected chi connectivity index (χ2v) is 5.64. The Morgan fingerprint density at radius 2 is 1.80 bits per heavy atom. The summed E-state index contributed by atoms with van der Waals surface area (Å²) in [7, 11) is 0. The van der Waals surface area contributed by atoms with Gasteiger partial charge in [0.2, 0.25) is 0 Å². The number of rotatable bonds is 5. The average molecular weight is 339 g/mol. The van der Waals surface area contributed by atoms with Crippen LogP contribution in [0.15, 0.2) is 54.6 Å². The number of halogens is 1. The second kappa shape index (κ2) is 7.27. The molecule has 3 rings (SSSR count). The summed E-state index contributed by atoms with van der Waals surface area (Å²) in [4.78, 5) is 17.7. The molecule has 0 aliphatic carbocycles. The topological polar surface area (TPSA) is 56.2 Å². The van der Waals surface area contributed by atoms with E-state index < -0.39 is 0 Å². The molecule has 0 bridgehead atoms. The zero-order valence-electron chi connectivity index (χ0n) is 14.0. The molecule has 0 fully saturated rings. The van der Waals surface area contributed by atoms with Crippen molar-refractivity contribution in [2.24, 2.45) is 0 Å². The van der Waals surface area contributed by atoms with Crippen LogP contribution in [0.5, 0.6) is 0 Å². The summed E-state index contributed by atoms with van der Waals surface area (Å²) < 4.78 is 14.7. The van der Waals surface area contributed by atoms with Crippen molar-refractivity contribution in [3.63, 3.8) is 0 Å². The van der Waals surface area contributed by atoms with Gasteiger partial charge in [-0.1, -0.05) is 30.3 Å². The number of benzene rings is 2. The fourth-order valence-corrected chi connectivity index (χ4v) is 2.62. The van der Waals surface area contributed by atoms with Gasteiger partial charge in [-0.3, -0.25) is 9.63 Å². The molecule has 0 radical (unpaired) electrons. The summed E-state index contributed by atoms with van der Waals surface area (Å²) in [5.74, 6) is -0.683. The van der Waals surface area contributed by atoms with Gasteiger partial charge in [-0.05, 0) is 43.7 Å². The van der Waals surface area contributed by atoms with Crippen LogP contribution in [-0.4, -0.2) is 15.7 Å². The quantitative estimate of drug-likeness (QED) is 0.724. The second-order valence-electron chi connectivity index (χ2n) is 5.64. The molecule has 0 atom stereocenters. The largest absolute Gasteiger partial charge is 0.278 e. The zero-order valence-corrected chi connectivity index (χ0v) is 14.0. The molecule has 1 heterocycles. The number of hydrogen-bond acceptors (Lipinski definition) is 3. The van der Waals surface area contributed by atoms with Crippen molar-refractivity contribution < 1.29 is 14.0 Å². The van der Waals surface area contributed by atoms with E-state index in [1.165, 1.54) is 12.1 Å². The Labute approximate surface area is 145 Å². The van der Waals surface area contributed by atoms with Crippen LogP contribution in [0.3, 0.4) is 0 Å². The van der Waals surface area contributed by atoms with Gasteiger partial charge in [-0.25, -0.2) is 14.6 Å². The molecular formula is C19H18FN3O2. The first-order valence-corrected chi connectivity index (χ1v) is 7.84. The van der Waals surface area contributed by atoms with Crippen molar-refractivity contribution in [2.45, 2.75) is 20.5 Å². The number of nitrogens with one attached hydrogen (secondary N) is 1. The number of hydroxylamine groups is 1. The van der Waals surface area contributed by atoms with E-state index in [9.17, 15) is 9.18 Å². The number of aromatic nitrogens is 2. The Morgan fingerprint density at radius 1 is 1.12 bits per heavy atom. The van der Waals surface area contributed by atoms with Crippen LogP contribution in [0.25, 0.3) is 5.69 Å². The summed E-state index contributed by atoms with van der Waals surface area (Å²) in [5, 5.41) is 4.38. The molecule has 0 spiro atoms. The lowest BCUT2D eigenvalue weighted by atomic mass is 10.2. The van der Waals surface area contributed by atoms with Crippen LogP contribution in [0, 0.1) is 19.7 Å². The minimum absolute atomic E-state index is 0.275. The molecule has 1 aromatic heterocycles. The molecule has 0 aliphatic rings. The molecule has 0 aliphatic heterocycles. The van der Waals surface area contributed by atoms with E-state index in [1.807, 2.05) is 30.3 Å². The van der Waals surface area contributed by atoms with Gasteiger partial charge >= 0.3 is 0 Å². The number of hydrogen-bond donors (Lipinski definition) is 1. The van der Waals surface area contributed by atoms with Crippen LogP contribution in [-0.2, 0) is 11.4 Å². The highest BCUT2D eigenvalue weighted by Gasteiger charge is 2.19. The van der Waals surface area contributed by atoms with Gasteiger partial charge in [0.25, 0.3) is 5.91 Å². The van der Waals surface area contributed by atoms with E-state index in [2.05, 4.69) is 10.6 Å². The highest BCUT2D eigenvalue weighted by Crippen LogP contribution is 2.18. The smallest absolute Gasteiger partial charge is 0.269 e. The van der Waals surface area contributed by atoms with Crippen molar-refractivity contribution in [3.05, 3.63) is 82.9 Å². The van der Waals surface area contributed by atoms with E-state index in [1.54, 1.807) is 30.7 Å². The van der Waals surface area contributed by atoms with Crippen molar-refractivity contribution in [1.82, 2.24) is 15.3 Å². The molecule has 0 saturated heterocycles. The molecule has 0 saturated carbocycles. The van der Waals surface area contributed by atoms with Crippen LogP contribution >= 0.6 is 0 Å². The van der Waals surface area contributed by atoms with E-state index in [0.29, 0.717) is 22.6 Å². The van der Waals surface area contributed by atoms with Gasteiger partial charge in [-0.2, -0.15) is 5.10 Å². The Morgan fingerprint density at radius 3 is 2.48 bits per heavy atom. The fraction of sp³-hybridized carbons (Fsp3) is 0.158. The van der Waals surface area contributed by atoms with Crippen molar-refractivity contribution in [2.75, 3.05) is 0 Å². The number of nitrogens with zero attached hydrogens (tertiary/aromatic N) is 2. The van der Waals surface area contributed by atoms with Gasteiger partial charge in [0, 0.05) is 0 Å². The first-order valence-electron chi connectivity index (χ1n) is 7.84. The van der Waals surface area contributed by atoms with E-state index >= 15 is 0 Å². The Hall–Kier alpha value is -2.99. The number of carbonyl (C=O) groups is 1. The summed E-state index contributed by atoms with van der Waals surface area (Å²) in [6.07, 6.45) is 0. The Bertz CT molecular complexity index is 874. The Kier molecular flexibility index (Phi) is 4.90. The summed E-state index contributed by atoms with van der Waals surface area (Å²) in [5.41, 5.74) is 5.77. The fourth-order valence-electron chi connectivity index (χ4n) is 2.62. The molecule has 6 heteroatoms. The number of amides is 1. The van der Waals surface area contributed by atoms with Gasteiger partial charge < -0.3 is 0 Å². The maximum Gasteiger partial charge on any atom is 0.278 e. The van der Waals surface area contributed by atoms with Crippen LogP contribution < -0.4 is 5.48 Å². The maximum atomic E-state index is 13.1. The first kappa shape index (κ1) is 16.9. The minimum Gasteiger partial charge on any atom is -0.269 e. The molecular weight excluding hydrogens is 321 g/mol. The molecule has 128 valence electrons. The third kappa shape index (κ3) is 3.75. The van der Waals surface area contributed by atoms with Gasteiger partial charge in [0.1, 0.15) is 5.82 Å². The lowest BCUT2D eigenvalue weighted by Gasteiger charge is -2.07. The standard InChI is InChI=1S/C19H18FN3O2/c1-13-18(19(24)22-25-12-15-6-4-3-5-7-15)14(2)23(21-13)17-10-8-16(20)9-11-17/h3-11H,12H2,1-2H3,(H,22,24). The third-order valence-corrected chi connectivity index (χ3v) is 3.84.